The van der Waals surface area contributed by atoms with E-state index in [2.05, 4.69) is 30.7 Å². The number of rotatable bonds is 2. The van der Waals surface area contributed by atoms with Crippen LogP contribution >= 0.6 is 23.1 Å². The van der Waals surface area contributed by atoms with Gasteiger partial charge in [0.15, 0.2) is 0 Å². The minimum atomic E-state index is 0.130. The Morgan fingerprint density at radius 1 is 1.50 bits per heavy atom. The van der Waals surface area contributed by atoms with Gasteiger partial charge in [-0.1, -0.05) is 0 Å². The summed E-state index contributed by atoms with van der Waals surface area (Å²) in [5.41, 5.74) is 2.25. The second-order valence-corrected chi connectivity index (χ2v) is 4.95. The molecule has 1 N–H and O–H groups in total. The summed E-state index contributed by atoms with van der Waals surface area (Å²) >= 11 is 3.51. The van der Waals surface area contributed by atoms with E-state index in [4.69, 9.17) is 0 Å². The van der Waals surface area contributed by atoms with Crippen LogP contribution in [0.3, 0.4) is 0 Å². The Bertz CT molecular complexity index is 460. The van der Waals surface area contributed by atoms with Gasteiger partial charge in [0.05, 0.1) is 6.61 Å². The molecule has 3 heteroatoms. The molecule has 0 aliphatic heterocycles. The van der Waals surface area contributed by atoms with Gasteiger partial charge in [-0.3, -0.25) is 0 Å². The topological polar surface area (TPSA) is 20.2 Å². The maximum atomic E-state index is 9.23. The van der Waals surface area contributed by atoms with Crippen LogP contribution in [0.15, 0.2) is 22.4 Å². The summed E-state index contributed by atoms with van der Waals surface area (Å²) in [5.74, 6) is 0. The van der Waals surface area contributed by atoms with Crippen LogP contribution in [-0.2, 0) is 6.61 Å². The molecule has 2 rings (SSSR count). The van der Waals surface area contributed by atoms with E-state index in [0.717, 1.165) is 5.56 Å². The van der Waals surface area contributed by atoms with Crippen LogP contribution in [0.1, 0.15) is 11.1 Å². The SMILES string of the molecule is CSc1cc(CO)c(C)c2ccsc12. The van der Waals surface area contributed by atoms with Gasteiger partial charge in [0, 0.05) is 9.60 Å². The molecule has 0 aliphatic rings. The zero-order valence-electron chi connectivity index (χ0n) is 8.20. The first-order valence-corrected chi connectivity index (χ1v) is 6.53. The van der Waals surface area contributed by atoms with Gasteiger partial charge in [-0.25, -0.2) is 0 Å². The second kappa shape index (κ2) is 3.93. The minimum Gasteiger partial charge on any atom is -0.392 e. The molecule has 14 heavy (non-hydrogen) atoms. The lowest BCUT2D eigenvalue weighted by Crippen LogP contribution is -1.89. The Morgan fingerprint density at radius 2 is 2.29 bits per heavy atom. The molecule has 0 radical (unpaired) electrons. The molecule has 0 spiro atoms. The van der Waals surface area contributed by atoms with Gasteiger partial charge in [-0.05, 0) is 47.2 Å². The van der Waals surface area contributed by atoms with Crippen molar-refractivity contribution < 1.29 is 5.11 Å². The summed E-state index contributed by atoms with van der Waals surface area (Å²) in [4.78, 5) is 1.27. The fraction of sp³-hybridized carbons (Fsp3) is 0.273. The maximum absolute atomic E-state index is 9.23. The van der Waals surface area contributed by atoms with Crippen molar-refractivity contribution in [2.45, 2.75) is 18.4 Å². The molecule has 0 fully saturated rings. The number of aliphatic hydroxyl groups is 1. The molecular weight excluding hydrogens is 212 g/mol. The number of fused-ring (bicyclic) bond motifs is 1. The summed E-state index contributed by atoms with van der Waals surface area (Å²) in [5, 5.41) is 12.6. The van der Waals surface area contributed by atoms with E-state index < -0.39 is 0 Å². The van der Waals surface area contributed by atoms with Crippen molar-refractivity contribution in [2.75, 3.05) is 6.26 Å². The van der Waals surface area contributed by atoms with Crippen LogP contribution in [0.5, 0.6) is 0 Å². The zero-order valence-corrected chi connectivity index (χ0v) is 9.84. The van der Waals surface area contributed by atoms with Gasteiger partial charge in [0.1, 0.15) is 0 Å². The van der Waals surface area contributed by atoms with Crippen molar-refractivity contribution in [3.8, 4) is 0 Å². The number of aryl methyl sites for hydroxylation is 1. The predicted molar refractivity (Wildman–Crippen MR) is 64.3 cm³/mol. The molecule has 1 nitrogen and oxygen atoms in total. The molecule has 0 bridgehead atoms. The molecule has 0 saturated carbocycles. The molecule has 0 aliphatic carbocycles. The van der Waals surface area contributed by atoms with E-state index in [1.54, 1.807) is 23.1 Å². The lowest BCUT2D eigenvalue weighted by molar-refractivity contribution is 0.281. The summed E-state index contributed by atoms with van der Waals surface area (Å²) in [6, 6.07) is 4.23. The van der Waals surface area contributed by atoms with Crippen LogP contribution in [-0.4, -0.2) is 11.4 Å². The number of benzene rings is 1. The summed E-state index contributed by atoms with van der Waals surface area (Å²) < 4.78 is 1.34. The van der Waals surface area contributed by atoms with Gasteiger partial charge in [-0.2, -0.15) is 0 Å². The maximum Gasteiger partial charge on any atom is 0.0685 e. The van der Waals surface area contributed by atoms with Gasteiger partial charge in [0.2, 0.25) is 0 Å². The number of thiophene rings is 1. The fourth-order valence-electron chi connectivity index (χ4n) is 1.62. The van der Waals surface area contributed by atoms with Crippen LogP contribution in [0, 0.1) is 6.92 Å². The van der Waals surface area contributed by atoms with Gasteiger partial charge in [-0.15, -0.1) is 23.1 Å². The van der Waals surface area contributed by atoms with Gasteiger partial charge < -0.3 is 5.11 Å². The second-order valence-electron chi connectivity index (χ2n) is 3.18. The molecule has 0 saturated heterocycles. The third-order valence-corrected chi connectivity index (χ3v) is 4.31. The molecule has 1 aromatic heterocycles. The van der Waals surface area contributed by atoms with Crippen LogP contribution < -0.4 is 0 Å². The summed E-state index contributed by atoms with van der Waals surface area (Å²) in [6.07, 6.45) is 2.07. The Hall–Kier alpha value is -0.510. The molecule has 0 amide bonds. The molecule has 0 atom stereocenters. The molecule has 1 aromatic carbocycles. The van der Waals surface area contributed by atoms with E-state index in [0.29, 0.717) is 0 Å². The van der Waals surface area contributed by atoms with Crippen molar-refractivity contribution >= 4 is 33.2 Å². The Balaban J connectivity index is 2.80. The summed E-state index contributed by atoms with van der Waals surface area (Å²) in [7, 11) is 0. The smallest absolute Gasteiger partial charge is 0.0685 e. The first-order chi connectivity index (χ1) is 6.77. The van der Waals surface area contributed by atoms with Crippen molar-refractivity contribution in [1.82, 2.24) is 0 Å². The highest BCUT2D eigenvalue weighted by molar-refractivity contribution is 7.99. The molecule has 74 valence electrons. The van der Waals surface area contributed by atoms with E-state index in [1.165, 1.54) is 20.5 Å². The van der Waals surface area contributed by atoms with Crippen molar-refractivity contribution in [2.24, 2.45) is 0 Å². The van der Waals surface area contributed by atoms with Crippen molar-refractivity contribution in [1.29, 1.82) is 0 Å². The van der Waals surface area contributed by atoms with E-state index in [1.807, 2.05) is 0 Å². The summed E-state index contributed by atoms with van der Waals surface area (Å²) in [6.45, 7) is 2.20. The van der Waals surface area contributed by atoms with Crippen LogP contribution in [0.2, 0.25) is 0 Å². The number of hydrogen-bond acceptors (Lipinski definition) is 3. The first kappa shape index (κ1) is 10.0. The Labute approximate surface area is 91.8 Å². The monoisotopic (exact) mass is 224 g/mol. The molecular formula is C11H12OS2. The molecule has 2 aromatic rings. The van der Waals surface area contributed by atoms with Gasteiger partial charge >= 0.3 is 0 Å². The van der Waals surface area contributed by atoms with E-state index >= 15 is 0 Å². The fourth-order valence-corrected chi connectivity index (χ4v) is 3.43. The first-order valence-electron chi connectivity index (χ1n) is 4.42. The number of hydrogen-bond donors (Lipinski definition) is 1. The Kier molecular flexibility index (Phi) is 2.81. The lowest BCUT2D eigenvalue weighted by atomic mass is 10.1. The molecule has 1 heterocycles. The highest BCUT2D eigenvalue weighted by Gasteiger charge is 2.08. The quantitative estimate of drug-likeness (QED) is 0.789. The van der Waals surface area contributed by atoms with E-state index in [-0.39, 0.29) is 6.61 Å². The Morgan fingerprint density at radius 3 is 2.93 bits per heavy atom. The lowest BCUT2D eigenvalue weighted by Gasteiger charge is -2.07. The normalized spacial score (nSPS) is 11.1. The van der Waals surface area contributed by atoms with Crippen molar-refractivity contribution in [3.05, 3.63) is 28.6 Å². The highest BCUT2D eigenvalue weighted by atomic mass is 32.2. The predicted octanol–water partition coefficient (Wildman–Crippen LogP) is 3.42. The van der Waals surface area contributed by atoms with Crippen LogP contribution in [0.25, 0.3) is 10.1 Å². The zero-order chi connectivity index (χ0) is 10.1. The highest BCUT2D eigenvalue weighted by Crippen LogP contribution is 2.34. The minimum absolute atomic E-state index is 0.130. The third-order valence-electron chi connectivity index (χ3n) is 2.47. The van der Waals surface area contributed by atoms with Crippen LogP contribution in [0.4, 0.5) is 0 Å². The average molecular weight is 224 g/mol. The van der Waals surface area contributed by atoms with Crippen molar-refractivity contribution in [3.63, 3.8) is 0 Å². The number of thioether (sulfide) groups is 1. The molecule has 0 unspecified atom stereocenters. The van der Waals surface area contributed by atoms with E-state index in [9.17, 15) is 5.11 Å². The number of aliphatic hydroxyl groups excluding tert-OH is 1. The largest absolute Gasteiger partial charge is 0.392 e. The third kappa shape index (κ3) is 1.45. The standard InChI is InChI=1S/C11H12OS2/c1-7-8(6-12)5-10(13-2)11-9(7)3-4-14-11/h3-5,12H,6H2,1-2H3. The average Bonchev–Trinajstić information content (AvgIpc) is 2.68. The van der Waals surface area contributed by atoms with Gasteiger partial charge in [0.25, 0.3) is 0 Å².